The summed E-state index contributed by atoms with van der Waals surface area (Å²) in [6, 6.07) is 20.3. The Morgan fingerprint density at radius 3 is 2.56 bits per heavy atom. The molecule has 140 valence electrons. The lowest BCUT2D eigenvalue weighted by atomic mass is 10.1. The van der Waals surface area contributed by atoms with Gasteiger partial charge >= 0.3 is 0 Å². The van der Waals surface area contributed by atoms with Crippen molar-refractivity contribution < 1.29 is 14.3 Å². The first-order chi connectivity index (χ1) is 13.2. The predicted octanol–water partition coefficient (Wildman–Crippen LogP) is 4.41. The number of benzene rings is 3. The van der Waals surface area contributed by atoms with Gasteiger partial charge in [-0.25, -0.2) is 0 Å². The second kappa shape index (κ2) is 9.33. The maximum atomic E-state index is 12.2. The summed E-state index contributed by atoms with van der Waals surface area (Å²) in [4.78, 5) is 12.2. The molecule has 0 atom stereocenters. The molecule has 1 N–H and O–H groups in total. The van der Waals surface area contributed by atoms with Gasteiger partial charge in [-0.05, 0) is 34.0 Å². The van der Waals surface area contributed by atoms with Crippen LogP contribution in [0.1, 0.15) is 11.1 Å². The number of fused-ring (bicyclic) bond motifs is 1. The number of amides is 1. The van der Waals surface area contributed by atoms with Crippen molar-refractivity contribution in [3.8, 4) is 11.5 Å². The molecule has 0 aliphatic carbocycles. The second-order valence-corrected chi connectivity index (χ2v) is 7.08. The minimum absolute atomic E-state index is 0.0232. The number of ether oxygens (including phenoxy) is 2. The minimum Gasteiger partial charge on any atom is -0.493 e. The van der Waals surface area contributed by atoms with Crippen molar-refractivity contribution in [3.05, 3.63) is 71.8 Å². The first-order valence-corrected chi connectivity index (χ1v) is 9.88. The van der Waals surface area contributed by atoms with Crippen molar-refractivity contribution in [1.82, 2.24) is 5.32 Å². The number of rotatable bonds is 8. The normalized spacial score (nSPS) is 10.6. The average molecular weight is 381 g/mol. The van der Waals surface area contributed by atoms with Crippen LogP contribution in [0, 0.1) is 0 Å². The number of hydrogen-bond acceptors (Lipinski definition) is 4. The third-order valence-electron chi connectivity index (χ3n) is 4.31. The fraction of sp³-hybridized carbons (Fsp3) is 0.227. The fourth-order valence-corrected chi connectivity index (χ4v) is 3.78. The van der Waals surface area contributed by atoms with E-state index >= 15 is 0 Å². The number of hydrogen-bond donors (Lipinski definition) is 1. The molecule has 0 radical (unpaired) electrons. The van der Waals surface area contributed by atoms with E-state index < -0.39 is 0 Å². The third kappa shape index (κ3) is 4.95. The van der Waals surface area contributed by atoms with Crippen molar-refractivity contribution in [2.45, 2.75) is 12.3 Å². The van der Waals surface area contributed by atoms with Crippen LogP contribution in [0.15, 0.2) is 60.7 Å². The highest BCUT2D eigenvalue weighted by Gasteiger charge is 2.07. The van der Waals surface area contributed by atoms with Crippen LogP contribution in [0.4, 0.5) is 0 Å². The van der Waals surface area contributed by atoms with Crippen molar-refractivity contribution in [1.29, 1.82) is 0 Å². The van der Waals surface area contributed by atoms with Gasteiger partial charge in [-0.15, -0.1) is 11.8 Å². The van der Waals surface area contributed by atoms with Crippen LogP contribution in [0.25, 0.3) is 10.8 Å². The van der Waals surface area contributed by atoms with Gasteiger partial charge in [0.15, 0.2) is 11.5 Å². The molecule has 0 heterocycles. The summed E-state index contributed by atoms with van der Waals surface area (Å²) in [7, 11) is 3.20. The standard InChI is InChI=1S/C22H23NO3S/c1-25-20-11-10-16(12-21(20)26-2)13-23-22(24)15-27-14-18-8-5-7-17-6-3-4-9-19(17)18/h3-12H,13-15H2,1-2H3,(H,23,24). The van der Waals surface area contributed by atoms with E-state index in [-0.39, 0.29) is 5.91 Å². The zero-order chi connectivity index (χ0) is 19.1. The second-order valence-electron chi connectivity index (χ2n) is 6.10. The number of methoxy groups -OCH3 is 2. The van der Waals surface area contributed by atoms with Crippen LogP contribution in [-0.4, -0.2) is 25.9 Å². The van der Waals surface area contributed by atoms with Gasteiger partial charge in [0.05, 0.1) is 20.0 Å². The number of nitrogens with one attached hydrogen (secondary N) is 1. The topological polar surface area (TPSA) is 47.6 Å². The Balaban J connectivity index is 1.50. The van der Waals surface area contributed by atoms with E-state index in [4.69, 9.17) is 9.47 Å². The van der Waals surface area contributed by atoms with Gasteiger partial charge < -0.3 is 14.8 Å². The van der Waals surface area contributed by atoms with Gasteiger partial charge in [-0.3, -0.25) is 4.79 Å². The van der Waals surface area contributed by atoms with Crippen molar-refractivity contribution in [3.63, 3.8) is 0 Å². The molecule has 1 amide bonds. The molecular weight excluding hydrogens is 358 g/mol. The summed E-state index contributed by atoms with van der Waals surface area (Å²) in [6.45, 7) is 0.466. The molecule has 0 saturated heterocycles. The molecule has 0 aliphatic heterocycles. The maximum absolute atomic E-state index is 12.2. The fourth-order valence-electron chi connectivity index (χ4n) is 2.91. The van der Waals surface area contributed by atoms with E-state index in [9.17, 15) is 4.79 Å². The third-order valence-corrected chi connectivity index (χ3v) is 5.29. The number of thioether (sulfide) groups is 1. The van der Waals surface area contributed by atoms with E-state index in [0.717, 1.165) is 11.3 Å². The van der Waals surface area contributed by atoms with Crippen LogP contribution in [0.2, 0.25) is 0 Å². The van der Waals surface area contributed by atoms with Crippen molar-refractivity contribution in [2.24, 2.45) is 0 Å². The smallest absolute Gasteiger partial charge is 0.230 e. The molecule has 0 bridgehead atoms. The molecule has 0 spiro atoms. The molecule has 4 nitrogen and oxygen atoms in total. The van der Waals surface area contributed by atoms with E-state index in [0.29, 0.717) is 23.8 Å². The van der Waals surface area contributed by atoms with Crippen LogP contribution >= 0.6 is 11.8 Å². The Morgan fingerprint density at radius 1 is 0.963 bits per heavy atom. The highest BCUT2D eigenvalue weighted by Crippen LogP contribution is 2.27. The lowest BCUT2D eigenvalue weighted by Crippen LogP contribution is -2.24. The largest absolute Gasteiger partial charge is 0.493 e. The average Bonchev–Trinajstić information content (AvgIpc) is 2.72. The quantitative estimate of drug-likeness (QED) is 0.628. The van der Waals surface area contributed by atoms with Gasteiger partial charge in [0, 0.05) is 12.3 Å². The molecule has 3 rings (SSSR count). The monoisotopic (exact) mass is 381 g/mol. The molecule has 3 aromatic rings. The van der Waals surface area contributed by atoms with Crippen LogP contribution in [-0.2, 0) is 17.1 Å². The summed E-state index contributed by atoms with van der Waals surface area (Å²) in [5, 5.41) is 5.43. The predicted molar refractivity (Wildman–Crippen MR) is 112 cm³/mol. The van der Waals surface area contributed by atoms with E-state index in [1.54, 1.807) is 26.0 Å². The maximum Gasteiger partial charge on any atom is 0.230 e. The molecule has 0 unspecified atom stereocenters. The van der Waals surface area contributed by atoms with Gasteiger partial charge in [0.25, 0.3) is 0 Å². The summed E-state index contributed by atoms with van der Waals surface area (Å²) in [6.07, 6.45) is 0. The molecule has 27 heavy (non-hydrogen) atoms. The Morgan fingerprint density at radius 2 is 1.74 bits per heavy atom. The molecule has 0 aromatic heterocycles. The zero-order valence-corrected chi connectivity index (χ0v) is 16.3. The molecule has 0 saturated carbocycles. The van der Waals surface area contributed by atoms with Gasteiger partial charge in [0.1, 0.15) is 0 Å². The Kier molecular flexibility index (Phi) is 6.60. The van der Waals surface area contributed by atoms with Gasteiger partial charge in [-0.1, -0.05) is 48.5 Å². The Bertz CT molecular complexity index is 921. The van der Waals surface area contributed by atoms with E-state index in [1.807, 2.05) is 30.3 Å². The highest BCUT2D eigenvalue weighted by atomic mass is 32.2. The van der Waals surface area contributed by atoms with E-state index in [2.05, 4.69) is 35.6 Å². The summed E-state index contributed by atoms with van der Waals surface area (Å²) in [5.74, 6) is 2.60. The highest BCUT2D eigenvalue weighted by molar-refractivity contribution is 7.99. The first kappa shape index (κ1) is 19.1. The van der Waals surface area contributed by atoms with E-state index in [1.165, 1.54) is 16.3 Å². The zero-order valence-electron chi connectivity index (χ0n) is 15.5. The van der Waals surface area contributed by atoms with Crippen LogP contribution in [0.5, 0.6) is 11.5 Å². The minimum atomic E-state index is 0.0232. The van der Waals surface area contributed by atoms with Crippen LogP contribution < -0.4 is 14.8 Å². The van der Waals surface area contributed by atoms with Gasteiger partial charge in [-0.2, -0.15) is 0 Å². The van der Waals surface area contributed by atoms with Crippen molar-refractivity contribution in [2.75, 3.05) is 20.0 Å². The van der Waals surface area contributed by atoms with Gasteiger partial charge in [0.2, 0.25) is 5.91 Å². The number of carbonyl (C=O) groups is 1. The van der Waals surface area contributed by atoms with Crippen LogP contribution in [0.3, 0.4) is 0 Å². The summed E-state index contributed by atoms with van der Waals surface area (Å²) < 4.78 is 10.5. The lowest BCUT2D eigenvalue weighted by Gasteiger charge is -2.10. The molecule has 0 aliphatic rings. The Hall–Kier alpha value is -2.66. The Labute approximate surface area is 163 Å². The molecule has 3 aromatic carbocycles. The SMILES string of the molecule is COc1ccc(CNC(=O)CSCc2cccc3ccccc23)cc1OC. The lowest BCUT2D eigenvalue weighted by molar-refractivity contribution is -0.118. The molecule has 5 heteroatoms. The van der Waals surface area contributed by atoms with Crippen molar-refractivity contribution >= 4 is 28.4 Å². The molecule has 0 fully saturated rings. The summed E-state index contributed by atoms with van der Waals surface area (Å²) in [5.41, 5.74) is 2.23. The molecular formula is C22H23NO3S. The summed E-state index contributed by atoms with van der Waals surface area (Å²) >= 11 is 1.62. The number of carbonyl (C=O) groups excluding carboxylic acids is 1. The first-order valence-electron chi connectivity index (χ1n) is 8.73.